The highest BCUT2D eigenvalue weighted by Crippen LogP contribution is 2.23. The third kappa shape index (κ3) is 3.97. The molecular weight excluding hydrogens is 295 g/mol. The lowest BCUT2D eigenvalue weighted by Crippen LogP contribution is -2.30. The molecule has 2 N–H and O–H groups in total. The van der Waals surface area contributed by atoms with Crippen LogP contribution in [0.5, 0.6) is 0 Å². The van der Waals surface area contributed by atoms with Crippen molar-refractivity contribution in [1.82, 2.24) is 8.87 Å². The van der Waals surface area contributed by atoms with Gasteiger partial charge in [0.15, 0.2) is 0 Å². The van der Waals surface area contributed by atoms with Crippen molar-refractivity contribution in [2.75, 3.05) is 13.6 Å². The second-order valence-electron chi connectivity index (χ2n) is 4.35. The zero-order chi connectivity index (χ0) is 15.6. The molecule has 1 heterocycles. The highest BCUT2D eigenvalue weighted by Gasteiger charge is 2.31. The molecule has 0 unspecified atom stereocenters. The summed E-state index contributed by atoms with van der Waals surface area (Å²) in [5.74, 6) is 0. The molecule has 0 saturated carbocycles. The van der Waals surface area contributed by atoms with Gasteiger partial charge >= 0.3 is 6.18 Å². The normalized spacial score (nSPS) is 13.2. The fourth-order valence-corrected chi connectivity index (χ4v) is 2.95. The minimum Gasteiger partial charge on any atom is -0.349 e. The molecule has 0 aromatic carbocycles. The van der Waals surface area contributed by atoms with Gasteiger partial charge < -0.3 is 10.3 Å². The van der Waals surface area contributed by atoms with Gasteiger partial charge in [0.2, 0.25) is 10.0 Å². The second kappa shape index (κ2) is 6.15. The molecule has 20 heavy (non-hydrogen) atoms. The fraction of sp³-hybridized carbons (Fsp3) is 0.636. The van der Waals surface area contributed by atoms with Crippen molar-refractivity contribution < 1.29 is 21.6 Å². The van der Waals surface area contributed by atoms with Crippen molar-refractivity contribution in [1.29, 1.82) is 0 Å². The first-order valence-electron chi connectivity index (χ1n) is 6.04. The Labute approximate surface area is 116 Å². The lowest BCUT2D eigenvalue weighted by molar-refractivity contribution is -0.135. The van der Waals surface area contributed by atoms with E-state index in [9.17, 15) is 21.6 Å². The van der Waals surface area contributed by atoms with E-state index in [2.05, 4.69) is 0 Å². The maximum Gasteiger partial charge on any atom is 0.390 e. The van der Waals surface area contributed by atoms with Crippen molar-refractivity contribution in [2.24, 2.45) is 5.73 Å². The number of hydrogen-bond acceptors (Lipinski definition) is 3. The molecule has 0 fully saturated rings. The van der Waals surface area contributed by atoms with Gasteiger partial charge in [-0.25, -0.2) is 12.7 Å². The fourth-order valence-electron chi connectivity index (χ4n) is 1.72. The molecule has 5 nitrogen and oxygen atoms in total. The Balaban J connectivity index is 2.95. The minimum absolute atomic E-state index is 0.0375. The quantitative estimate of drug-likeness (QED) is 0.866. The van der Waals surface area contributed by atoms with Crippen LogP contribution in [-0.2, 0) is 23.1 Å². The van der Waals surface area contributed by atoms with Gasteiger partial charge in [-0.1, -0.05) is 0 Å². The monoisotopic (exact) mass is 313 g/mol. The zero-order valence-electron chi connectivity index (χ0n) is 11.3. The standard InChI is InChI=1S/C11H18F3N3O2S/c1-3-17-8-10(6-9(17)7-15)20(18,19)16(2)5-4-11(12,13)14/h6,8H,3-5,7,15H2,1-2H3. The molecule has 116 valence electrons. The first-order valence-corrected chi connectivity index (χ1v) is 7.48. The molecule has 0 amide bonds. The molecule has 0 aliphatic carbocycles. The van der Waals surface area contributed by atoms with E-state index in [1.807, 2.05) is 6.92 Å². The number of aromatic nitrogens is 1. The highest BCUT2D eigenvalue weighted by atomic mass is 32.2. The Morgan fingerprint density at radius 1 is 1.40 bits per heavy atom. The van der Waals surface area contributed by atoms with Crippen LogP contribution in [0.1, 0.15) is 19.0 Å². The van der Waals surface area contributed by atoms with Crippen LogP contribution < -0.4 is 5.73 Å². The van der Waals surface area contributed by atoms with Crippen LogP contribution >= 0.6 is 0 Å². The van der Waals surface area contributed by atoms with Gasteiger partial charge in [0, 0.05) is 38.6 Å². The van der Waals surface area contributed by atoms with E-state index in [1.165, 1.54) is 12.3 Å². The van der Waals surface area contributed by atoms with Gasteiger partial charge in [-0.15, -0.1) is 0 Å². The molecule has 1 rings (SSSR count). The van der Waals surface area contributed by atoms with Crippen molar-refractivity contribution in [2.45, 2.75) is 37.5 Å². The number of aryl methyl sites for hydroxylation is 1. The second-order valence-corrected chi connectivity index (χ2v) is 6.39. The van der Waals surface area contributed by atoms with E-state index < -0.39 is 29.2 Å². The molecular formula is C11H18F3N3O2S. The highest BCUT2D eigenvalue weighted by molar-refractivity contribution is 7.89. The largest absolute Gasteiger partial charge is 0.390 e. The minimum atomic E-state index is -4.39. The van der Waals surface area contributed by atoms with Gasteiger partial charge in [-0.05, 0) is 13.0 Å². The van der Waals surface area contributed by atoms with E-state index in [-0.39, 0.29) is 11.4 Å². The maximum atomic E-state index is 12.2. The summed E-state index contributed by atoms with van der Waals surface area (Å²) in [5.41, 5.74) is 6.12. The number of nitrogens with two attached hydrogens (primary N) is 1. The molecule has 0 spiro atoms. The van der Waals surface area contributed by atoms with Crippen molar-refractivity contribution >= 4 is 10.0 Å². The average molecular weight is 313 g/mol. The molecule has 0 aliphatic heterocycles. The maximum absolute atomic E-state index is 12.2. The number of halogens is 3. The van der Waals surface area contributed by atoms with Gasteiger partial charge in [0.25, 0.3) is 0 Å². The van der Waals surface area contributed by atoms with E-state index in [0.29, 0.717) is 16.5 Å². The lowest BCUT2D eigenvalue weighted by Gasteiger charge is -2.17. The smallest absolute Gasteiger partial charge is 0.349 e. The number of alkyl halides is 3. The zero-order valence-corrected chi connectivity index (χ0v) is 12.1. The number of sulfonamides is 1. The number of nitrogens with zero attached hydrogens (tertiary/aromatic N) is 2. The Bertz CT molecular complexity index is 530. The summed E-state index contributed by atoms with van der Waals surface area (Å²) in [7, 11) is -2.79. The number of rotatable bonds is 6. The van der Waals surface area contributed by atoms with Crippen molar-refractivity contribution in [3.05, 3.63) is 18.0 Å². The van der Waals surface area contributed by atoms with E-state index in [1.54, 1.807) is 4.57 Å². The van der Waals surface area contributed by atoms with Crippen LogP contribution in [0.4, 0.5) is 13.2 Å². The molecule has 0 saturated heterocycles. The molecule has 9 heteroatoms. The van der Waals surface area contributed by atoms with Crippen molar-refractivity contribution in [3.63, 3.8) is 0 Å². The van der Waals surface area contributed by atoms with Crippen LogP contribution in [-0.4, -0.2) is 37.1 Å². The average Bonchev–Trinajstić information content (AvgIpc) is 2.78. The lowest BCUT2D eigenvalue weighted by atomic mass is 10.4. The summed E-state index contributed by atoms with van der Waals surface area (Å²) in [4.78, 5) is -0.0375. The molecule has 0 aliphatic rings. The van der Waals surface area contributed by atoms with Crippen molar-refractivity contribution in [3.8, 4) is 0 Å². The Morgan fingerprint density at radius 2 is 2.00 bits per heavy atom. The Kier molecular flexibility index (Phi) is 5.22. The van der Waals surface area contributed by atoms with Crippen LogP contribution in [0.2, 0.25) is 0 Å². The van der Waals surface area contributed by atoms with Crippen LogP contribution in [0, 0.1) is 0 Å². The summed E-state index contributed by atoms with van der Waals surface area (Å²) < 4.78 is 63.1. The first kappa shape index (κ1) is 17.0. The van der Waals surface area contributed by atoms with E-state index in [4.69, 9.17) is 5.73 Å². The summed E-state index contributed by atoms with van der Waals surface area (Å²) in [6, 6.07) is 1.39. The topological polar surface area (TPSA) is 68.3 Å². The first-order chi connectivity index (χ1) is 9.11. The Morgan fingerprint density at radius 3 is 2.40 bits per heavy atom. The summed E-state index contributed by atoms with van der Waals surface area (Å²) in [6.07, 6.45) is -4.18. The molecule has 0 bridgehead atoms. The third-order valence-electron chi connectivity index (χ3n) is 2.93. The molecule has 1 aromatic heterocycles. The van der Waals surface area contributed by atoms with Gasteiger partial charge in [-0.2, -0.15) is 13.2 Å². The van der Waals surface area contributed by atoms with E-state index in [0.717, 1.165) is 7.05 Å². The molecule has 0 atom stereocenters. The summed E-state index contributed by atoms with van der Waals surface area (Å²) in [5, 5.41) is 0. The van der Waals surface area contributed by atoms with Gasteiger partial charge in [-0.3, -0.25) is 0 Å². The predicted molar refractivity (Wildman–Crippen MR) is 68.5 cm³/mol. The third-order valence-corrected chi connectivity index (χ3v) is 4.75. The summed E-state index contributed by atoms with van der Waals surface area (Å²) in [6.45, 7) is 1.91. The van der Waals surface area contributed by atoms with Crippen LogP contribution in [0.3, 0.4) is 0 Å². The SMILES string of the molecule is CCn1cc(S(=O)(=O)N(C)CCC(F)(F)F)cc1CN. The van der Waals surface area contributed by atoms with Crippen LogP contribution in [0.25, 0.3) is 0 Å². The van der Waals surface area contributed by atoms with Gasteiger partial charge in [0.05, 0.1) is 6.42 Å². The van der Waals surface area contributed by atoms with Gasteiger partial charge in [0.1, 0.15) is 4.90 Å². The predicted octanol–water partition coefficient (Wildman–Crippen LogP) is 1.54. The van der Waals surface area contributed by atoms with E-state index >= 15 is 0 Å². The Hall–Kier alpha value is -1.06. The summed E-state index contributed by atoms with van der Waals surface area (Å²) >= 11 is 0. The molecule has 0 radical (unpaired) electrons. The molecule has 1 aromatic rings. The number of hydrogen-bond donors (Lipinski definition) is 1. The van der Waals surface area contributed by atoms with Crippen LogP contribution in [0.15, 0.2) is 17.2 Å².